The van der Waals surface area contributed by atoms with Gasteiger partial charge in [0, 0.05) is 6.07 Å². The molecular formula is C7H3F4. The summed E-state index contributed by atoms with van der Waals surface area (Å²) in [6, 6.07) is 1.69. The Labute approximate surface area is 60.5 Å². The zero-order chi connectivity index (χ0) is 8.59. The Kier molecular flexibility index (Phi) is 1.85. The van der Waals surface area contributed by atoms with Crippen LogP contribution < -0.4 is 0 Å². The van der Waals surface area contributed by atoms with Crippen molar-refractivity contribution in [1.29, 1.82) is 0 Å². The Hall–Kier alpha value is -1.06. The van der Waals surface area contributed by atoms with Crippen molar-refractivity contribution in [3.8, 4) is 0 Å². The van der Waals surface area contributed by atoms with Gasteiger partial charge in [-0.15, -0.1) is 0 Å². The first-order valence-corrected chi connectivity index (χ1v) is 2.76. The van der Waals surface area contributed by atoms with E-state index in [1.807, 2.05) is 0 Å². The molecule has 0 nitrogen and oxygen atoms in total. The van der Waals surface area contributed by atoms with Gasteiger partial charge in [0.2, 0.25) is 0 Å². The lowest BCUT2D eigenvalue weighted by molar-refractivity contribution is 0.405. The van der Waals surface area contributed by atoms with E-state index in [2.05, 4.69) is 0 Å². The third-order valence-electron chi connectivity index (χ3n) is 1.20. The molecule has 1 aromatic carbocycles. The van der Waals surface area contributed by atoms with Crippen molar-refractivity contribution in [3.63, 3.8) is 0 Å². The summed E-state index contributed by atoms with van der Waals surface area (Å²) in [6.07, 6.45) is 0. The number of hydrogen-bond donors (Lipinski definition) is 0. The molecule has 0 aliphatic heterocycles. The van der Waals surface area contributed by atoms with Crippen molar-refractivity contribution in [2.75, 3.05) is 0 Å². The van der Waals surface area contributed by atoms with Gasteiger partial charge in [0.05, 0.1) is 0 Å². The van der Waals surface area contributed by atoms with Crippen LogP contribution in [0.4, 0.5) is 17.6 Å². The van der Waals surface area contributed by atoms with Crippen LogP contribution in [-0.4, -0.2) is 0 Å². The molecule has 0 aliphatic rings. The second-order valence-corrected chi connectivity index (χ2v) is 2.01. The zero-order valence-corrected chi connectivity index (χ0v) is 5.51. The van der Waals surface area contributed by atoms with Crippen LogP contribution >= 0.6 is 0 Å². The highest BCUT2D eigenvalue weighted by molar-refractivity contribution is 5.18. The highest BCUT2D eigenvalue weighted by Gasteiger charge is 2.16. The van der Waals surface area contributed by atoms with Crippen LogP contribution in [0, 0.1) is 36.3 Å². The molecule has 0 aliphatic carbocycles. The number of hydrogen-bond acceptors (Lipinski definition) is 0. The molecule has 0 heterocycles. The Bertz CT molecular complexity index is 267. The van der Waals surface area contributed by atoms with E-state index < -0.39 is 23.3 Å². The predicted octanol–water partition coefficient (Wildman–Crippen LogP) is 2.35. The molecule has 1 radical (unpaired) electrons. The molecule has 0 unspecified atom stereocenters. The van der Waals surface area contributed by atoms with Gasteiger partial charge < -0.3 is 0 Å². The Balaban J connectivity index is 3.46. The van der Waals surface area contributed by atoms with Crippen molar-refractivity contribution in [2.45, 2.75) is 6.92 Å². The minimum atomic E-state index is -1.83. The van der Waals surface area contributed by atoms with Gasteiger partial charge in [0.1, 0.15) is 0 Å². The minimum Gasteiger partial charge on any atom is -0.203 e. The first-order valence-electron chi connectivity index (χ1n) is 2.76. The van der Waals surface area contributed by atoms with Gasteiger partial charge in [-0.05, 0) is 12.5 Å². The SMILES string of the molecule is Cc1[c]c(F)c(F)c(F)c1F. The van der Waals surface area contributed by atoms with E-state index >= 15 is 0 Å². The molecule has 0 fully saturated rings. The molecule has 0 spiro atoms. The maximum Gasteiger partial charge on any atom is 0.198 e. The monoisotopic (exact) mass is 163 g/mol. The van der Waals surface area contributed by atoms with Gasteiger partial charge in [0.15, 0.2) is 23.3 Å². The molecule has 0 bridgehead atoms. The van der Waals surface area contributed by atoms with Crippen molar-refractivity contribution >= 4 is 0 Å². The lowest BCUT2D eigenvalue weighted by Gasteiger charge is -1.98. The summed E-state index contributed by atoms with van der Waals surface area (Å²) in [5, 5.41) is 0. The summed E-state index contributed by atoms with van der Waals surface area (Å²) in [7, 11) is 0. The van der Waals surface area contributed by atoms with Crippen LogP contribution in [-0.2, 0) is 0 Å². The van der Waals surface area contributed by atoms with Crippen LogP contribution in [0.5, 0.6) is 0 Å². The topological polar surface area (TPSA) is 0 Å². The van der Waals surface area contributed by atoms with E-state index in [-0.39, 0.29) is 5.56 Å². The average Bonchev–Trinajstić information content (AvgIpc) is 1.97. The van der Waals surface area contributed by atoms with Gasteiger partial charge in [-0.25, -0.2) is 17.6 Å². The summed E-state index contributed by atoms with van der Waals surface area (Å²) < 4.78 is 48.9. The van der Waals surface area contributed by atoms with Crippen molar-refractivity contribution in [3.05, 3.63) is 34.9 Å². The smallest absolute Gasteiger partial charge is 0.198 e. The fraction of sp³-hybridized carbons (Fsp3) is 0.143. The zero-order valence-electron chi connectivity index (χ0n) is 5.51. The predicted molar refractivity (Wildman–Crippen MR) is 29.8 cm³/mol. The largest absolute Gasteiger partial charge is 0.203 e. The van der Waals surface area contributed by atoms with Gasteiger partial charge in [0.25, 0.3) is 0 Å². The molecule has 0 atom stereocenters. The highest BCUT2D eigenvalue weighted by atomic mass is 19.2. The van der Waals surface area contributed by atoms with Crippen LogP contribution in [0.3, 0.4) is 0 Å². The van der Waals surface area contributed by atoms with Crippen molar-refractivity contribution < 1.29 is 17.6 Å². The molecule has 0 aromatic heterocycles. The molecule has 0 amide bonds. The number of benzene rings is 1. The van der Waals surface area contributed by atoms with Crippen LogP contribution in [0.15, 0.2) is 0 Å². The maximum absolute atomic E-state index is 12.4. The van der Waals surface area contributed by atoms with E-state index in [1.165, 1.54) is 0 Å². The summed E-state index contributed by atoms with van der Waals surface area (Å²) in [5.41, 5.74) is -0.374. The number of rotatable bonds is 0. The molecule has 1 rings (SSSR count). The van der Waals surface area contributed by atoms with Crippen LogP contribution in [0.25, 0.3) is 0 Å². The summed E-state index contributed by atoms with van der Waals surface area (Å²) in [6.45, 7) is 1.10. The van der Waals surface area contributed by atoms with Gasteiger partial charge in [-0.2, -0.15) is 0 Å². The van der Waals surface area contributed by atoms with Gasteiger partial charge >= 0.3 is 0 Å². The Morgan fingerprint density at radius 3 is 2.00 bits per heavy atom. The molecule has 0 N–H and O–H groups in total. The molecule has 59 valence electrons. The summed E-state index contributed by atoms with van der Waals surface area (Å²) in [5.74, 6) is -6.52. The highest BCUT2D eigenvalue weighted by Crippen LogP contribution is 2.16. The van der Waals surface area contributed by atoms with Crippen LogP contribution in [0.2, 0.25) is 0 Å². The molecule has 0 saturated heterocycles. The van der Waals surface area contributed by atoms with Gasteiger partial charge in [-0.3, -0.25) is 0 Å². The second kappa shape index (κ2) is 2.53. The van der Waals surface area contributed by atoms with Crippen molar-refractivity contribution in [2.24, 2.45) is 0 Å². The lowest BCUT2D eigenvalue weighted by Crippen LogP contribution is -1.98. The third-order valence-corrected chi connectivity index (χ3v) is 1.20. The molecule has 0 saturated carbocycles. The van der Waals surface area contributed by atoms with E-state index in [1.54, 1.807) is 6.07 Å². The van der Waals surface area contributed by atoms with E-state index in [4.69, 9.17) is 0 Å². The number of aryl methyl sites for hydroxylation is 1. The first kappa shape index (κ1) is 8.04. The third kappa shape index (κ3) is 1.20. The molecule has 1 aromatic rings. The average molecular weight is 163 g/mol. The maximum atomic E-state index is 12.4. The fourth-order valence-corrected chi connectivity index (χ4v) is 0.632. The molecule has 11 heavy (non-hydrogen) atoms. The summed E-state index contributed by atoms with van der Waals surface area (Å²) in [4.78, 5) is 0. The lowest BCUT2D eigenvalue weighted by atomic mass is 10.2. The molecule has 4 heteroatoms. The Morgan fingerprint density at radius 2 is 1.45 bits per heavy atom. The van der Waals surface area contributed by atoms with Crippen LogP contribution in [0.1, 0.15) is 5.56 Å². The second-order valence-electron chi connectivity index (χ2n) is 2.01. The Morgan fingerprint density at radius 1 is 0.909 bits per heavy atom. The normalized spacial score (nSPS) is 10.3. The standard InChI is InChI=1S/C7H3F4/c1-3-2-4(8)6(10)7(11)5(3)9/h1H3. The van der Waals surface area contributed by atoms with Gasteiger partial charge in [-0.1, -0.05) is 0 Å². The fourth-order valence-electron chi connectivity index (χ4n) is 0.632. The summed E-state index contributed by atoms with van der Waals surface area (Å²) >= 11 is 0. The van der Waals surface area contributed by atoms with Crippen molar-refractivity contribution in [1.82, 2.24) is 0 Å². The van der Waals surface area contributed by atoms with E-state index in [0.717, 1.165) is 6.92 Å². The van der Waals surface area contributed by atoms with E-state index in [9.17, 15) is 17.6 Å². The van der Waals surface area contributed by atoms with E-state index in [0.29, 0.717) is 0 Å². The number of halogens is 4. The minimum absolute atomic E-state index is 0.374. The first-order chi connectivity index (χ1) is 5.04. The molecular weight excluding hydrogens is 160 g/mol. The quantitative estimate of drug-likeness (QED) is 0.313.